The summed E-state index contributed by atoms with van der Waals surface area (Å²) in [6.07, 6.45) is 1.93. The first-order valence-electron chi connectivity index (χ1n) is 11.1. The van der Waals surface area contributed by atoms with E-state index in [1.807, 2.05) is 30.3 Å². The van der Waals surface area contributed by atoms with Crippen molar-refractivity contribution in [3.05, 3.63) is 83.0 Å². The fourth-order valence-electron chi connectivity index (χ4n) is 4.10. The van der Waals surface area contributed by atoms with Gasteiger partial charge in [0.05, 0.1) is 19.4 Å². The number of ether oxygens (including phenoxy) is 1. The SMILES string of the molecule is CN(C)C(=O)CC1CN(Cc2ccc(F)cc2)C(=O)C2=C(OCc3ccccc3)C(=O)CC=[N+]21. The first-order chi connectivity index (χ1) is 16.3. The van der Waals surface area contributed by atoms with Crippen LogP contribution in [0.15, 0.2) is 66.1 Å². The number of allylic oxidation sites excluding steroid dienone is 1. The Morgan fingerprint density at radius 1 is 1.09 bits per heavy atom. The fourth-order valence-corrected chi connectivity index (χ4v) is 4.10. The third-order valence-corrected chi connectivity index (χ3v) is 5.94. The lowest BCUT2D eigenvalue weighted by Gasteiger charge is -2.33. The van der Waals surface area contributed by atoms with Gasteiger partial charge in [0.15, 0.2) is 12.3 Å². The van der Waals surface area contributed by atoms with Crippen LogP contribution in [0.3, 0.4) is 0 Å². The van der Waals surface area contributed by atoms with Gasteiger partial charge in [0, 0.05) is 20.6 Å². The van der Waals surface area contributed by atoms with Crippen molar-refractivity contribution in [2.24, 2.45) is 0 Å². The average molecular weight is 465 g/mol. The van der Waals surface area contributed by atoms with E-state index in [1.54, 1.807) is 41.9 Å². The minimum Gasteiger partial charge on any atom is -0.479 e. The fraction of sp³-hybridized carbons (Fsp3) is 0.308. The number of carbonyl (C=O) groups is 3. The minimum absolute atomic E-state index is 0.0162. The molecule has 1 unspecified atom stereocenters. The molecule has 0 N–H and O–H groups in total. The van der Waals surface area contributed by atoms with Crippen LogP contribution >= 0.6 is 0 Å². The van der Waals surface area contributed by atoms with Crippen LogP contribution in [-0.4, -0.2) is 64.9 Å². The normalized spacial score (nSPS) is 17.9. The quantitative estimate of drug-likeness (QED) is 0.591. The maximum absolute atomic E-state index is 13.6. The summed E-state index contributed by atoms with van der Waals surface area (Å²) < 4.78 is 21.0. The van der Waals surface area contributed by atoms with E-state index in [1.165, 1.54) is 17.0 Å². The zero-order chi connectivity index (χ0) is 24.2. The Hall–Kier alpha value is -3.81. The number of rotatable bonds is 7. The zero-order valence-corrected chi connectivity index (χ0v) is 19.2. The lowest BCUT2D eigenvalue weighted by molar-refractivity contribution is -0.520. The van der Waals surface area contributed by atoms with Crippen molar-refractivity contribution in [2.75, 3.05) is 20.6 Å². The second-order valence-corrected chi connectivity index (χ2v) is 8.63. The Balaban J connectivity index is 1.68. The number of hydrogen-bond acceptors (Lipinski definition) is 4. The van der Waals surface area contributed by atoms with E-state index < -0.39 is 0 Å². The van der Waals surface area contributed by atoms with Crippen molar-refractivity contribution in [1.82, 2.24) is 9.80 Å². The second kappa shape index (κ2) is 9.99. The zero-order valence-electron chi connectivity index (χ0n) is 19.2. The highest BCUT2D eigenvalue weighted by atomic mass is 19.1. The number of Topliss-reactive ketones (excluding diaryl/α,β-unsaturated/α-hetero) is 1. The van der Waals surface area contributed by atoms with Crippen molar-refractivity contribution in [1.29, 1.82) is 0 Å². The van der Waals surface area contributed by atoms with Gasteiger partial charge in [-0.15, -0.1) is 0 Å². The number of amides is 2. The molecule has 0 bridgehead atoms. The summed E-state index contributed by atoms with van der Waals surface area (Å²) >= 11 is 0. The van der Waals surface area contributed by atoms with E-state index in [9.17, 15) is 18.8 Å². The molecule has 0 aromatic heterocycles. The van der Waals surface area contributed by atoms with Gasteiger partial charge in [-0.05, 0) is 23.3 Å². The number of fused-ring (bicyclic) bond motifs is 1. The molecule has 1 atom stereocenters. The summed E-state index contributed by atoms with van der Waals surface area (Å²) in [6.45, 7) is 0.658. The van der Waals surface area contributed by atoms with Gasteiger partial charge in [-0.3, -0.25) is 14.4 Å². The van der Waals surface area contributed by atoms with Crippen LogP contribution < -0.4 is 0 Å². The van der Waals surface area contributed by atoms with E-state index in [-0.39, 0.29) is 73.5 Å². The smallest absolute Gasteiger partial charge is 0.323 e. The van der Waals surface area contributed by atoms with Gasteiger partial charge >= 0.3 is 11.6 Å². The molecular weight excluding hydrogens is 437 g/mol. The molecule has 34 heavy (non-hydrogen) atoms. The summed E-state index contributed by atoms with van der Waals surface area (Å²) in [5, 5.41) is 0. The van der Waals surface area contributed by atoms with Crippen molar-refractivity contribution < 1.29 is 28.1 Å². The van der Waals surface area contributed by atoms with Crippen molar-refractivity contribution >= 4 is 23.8 Å². The highest BCUT2D eigenvalue weighted by molar-refractivity contribution is 6.09. The Labute approximate surface area is 197 Å². The lowest BCUT2D eigenvalue weighted by Crippen LogP contribution is -2.54. The summed E-state index contributed by atoms with van der Waals surface area (Å²) in [7, 11) is 3.36. The van der Waals surface area contributed by atoms with Crippen molar-refractivity contribution in [3.8, 4) is 0 Å². The Morgan fingerprint density at radius 3 is 2.47 bits per heavy atom. The number of nitrogens with zero attached hydrogens (tertiary/aromatic N) is 3. The van der Waals surface area contributed by atoms with Crippen LogP contribution in [0.1, 0.15) is 24.0 Å². The van der Waals surface area contributed by atoms with Crippen LogP contribution in [0, 0.1) is 5.82 Å². The number of halogens is 1. The molecule has 2 amide bonds. The first-order valence-corrected chi connectivity index (χ1v) is 11.1. The van der Waals surface area contributed by atoms with Gasteiger partial charge < -0.3 is 14.5 Å². The molecule has 0 radical (unpaired) electrons. The third-order valence-electron chi connectivity index (χ3n) is 5.94. The maximum atomic E-state index is 13.6. The Kier molecular flexibility index (Phi) is 6.86. The molecule has 2 aromatic carbocycles. The van der Waals surface area contributed by atoms with Crippen LogP contribution in [0.4, 0.5) is 4.39 Å². The molecule has 8 heteroatoms. The predicted octanol–water partition coefficient (Wildman–Crippen LogP) is 2.50. The van der Waals surface area contributed by atoms with Crippen LogP contribution in [0.25, 0.3) is 0 Å². The van der Waals surface area contributed by atoms with Crippen LogP contribution in [0.5, 0.6) is 0 Å². The first kappa shape index (κ1) is 23.4. The van der Waals surface area contributed by atoms with Gasteiger partial charge in [0.25, 0.3) is 0 Å². The molecule has 2 aromatic rings. The van der Waals surface area contributed by atoms with E-state index >= 15 is 0 Å². The number of hydrogen-bond donors (Lipinski definition) is 0. The molecule has 0 saturated carbocycles. The van der Waals surface area contributed by atoms with Crippen LogP contribution in [0.2, 0.25) is 0 Å². The number of ketones is 1. The molecule has 1 saturated heterocycles. The molecule has 1 fully saturated rings. The van der Waals surface area contributed by atoms with Gasteiger partial charge in [0.1, 0.15) is 12.4 Å². The van der Waals surface area contributed by atoms with E-state index in [2.05, 4.69) is 0 Å². The lowest BCUT2D eigenvalue weighted by atomic mass is 10.0. The topological polar surface area (TPSA) is 69.9 Å². The standard InChI is InChI=1S/C26H27FN3O4/c1-28(2)23(32)14-21-16-29(15-18-8-10-20(27)11-9-18)26(33)24-25(22(31)12-13-30(21)24)34-17-19-6-4-3-5-7-19/h3-11,13,21H,12,14-17H2,1-2H3/q+1. The van der Waals surface area contributed by atoms with Crippen molar-refractivity contribution in [2.45, 2.75) is 32.0 Å². The summed E-state index contributed by atoms with van der Waals surface area (Å²) in [5.41, 5.74) is 1.77. The summed E-state index contributed by atoms with van der Waals surface area (Å²) in [6, 6.07) is 15.0. The summed E-state index contributed by atoms with van der Waals surface area (Å²) in [4.78, 5) is 42.0. The van der Waals surface area contributed by atoms with Gasteiger partial charge in [-0.2, -0.15) is 4.58 Å². The summed E-state index contributed by atoms with van der Waals surface area (Å²) in [5.74, 6) is -1.07. The minimum atomic E-state index is -0.360. The third kappa shape index (κ3) is 5.06. The molecule has 2 aliphatic rings. The highest BCUT2D eigenvalue weighted by Gasteiger charge is 2.47. The molecule has 2 aliphatic heterocycles. The molecule has 4 rings (SSSR count). The van der Waals surface area contributed by atoms with Gasteiger partial charge in [0.2, 0.25) is 17.4 Å². The number of benzene rings is 2. The molecule has 7 nitrogen and oxygen atoms in total. The van der Waals surface area contributed by atoms with E-state index in [0.717, 1.165) is 11.1 Å². The number of carbonyl (C=O) groups excluding carboxylic acids is 3. The van der Waals surface area contributed by atoms with Gasteiger partial charge in [-0.1, -0.05) is 42.5 Å². The van der Waals surface area contributed by atoms with Crippen molar-refractivity contribution in [3.63, 3.8) is 0 Å². The molecule has 0 spiro atoms. The van der Waals surface area contributed by atoms with Crippen LogP contribution in [-0.2, 0) is 32.3 Å². The monoisotopic (exact) mass is 464 g/mol. The highest BCUT2D eigenvalue weighted by Crippen LogP contribution is 2.27. The van der Waals surface area contributed by atoms with E-state index in [4.69, 9.17) is 4.74 Å². The molecule has 176 valence electrons. The Morgan fingerprint density at radius 2 is 1.79 bits per heavy atom. The van der Waals surface area contributed by atoms with Gasteiger partial charge in [-0.25, -0.2) is 4.39 Å². The largest absolute Gasteiger partial charge is 0.479 e. The maximum Gasteiger partial charge on any atom is 0.323 e. The predicted molar refractivity (Wildman–Crippen MR) is 123 cm³/mol. The second-order valence-electron chi connectivity index (χ2n) is 8.63. The number of piperazine rings is 1. The van der Waals surface area contributed by atoms with E-state index in [0.29, 0.717) is 0 Å². The molecule has 2 heterocycles. The molecular formula is C26H27FN3O4+. The average Bonchev–Trinajstić information content (AvgIpc) is 2.83. The Bertz CT molecular complexity index is 1160. The molecule has 0 aliphatic carbocycles.